The molecule has 1 amide bonds. The summed E-state index contributed by atoms with van der Waals surface area (Å²) >= 11 is 0. The molecule has 8 nitrogen and oxygen atoms in total. The van der Waals surface area contributed by atoms with Crippen LogP contribution in [0.25, 0.3) is 10.9 Å². The van der Waals surface area contributed by atoms with Crippen LogP contribution in [0.3, 0.4) is 0 Å². The van der Waals surface area contributed by atoms with Crippen molar-refractivity contribution < 1.29 is 14.3 Å². The maximum atomic E-state index is 12.9. The Bertz CT molecular complexity index is 1200. The van der Waals surface area contributed by atoms with E-state index in [-0.39, 0.29) is 12.1 Å². The van der Waals surface area contributed by atoms with E-state index in [0.717, 1.165) is 85.6 Å². The van der Waals surface area contributed by atoms with Gasteiger partial charge in [-0.05, 0) is 81.2 Å². The van der Waals surface area contributed by atoms with Crippen LogP contribution in [0.1, 0.15) is 42.6 Å². The smallest absolute Gasteiger partial charge is 0.410 e. The molecule has 0 radical (unpaired) electrons. The minimum absolute atomic E-state index is 0.255. The van der Waals surface area contributed by atoms with E-state index >= 15 is 0 Å². The summed E-state index contributed by atoms with van der Waals surface area (Å²) < 4.78 is 11.5. The highest BCUT2D eigenvalue weighted by Gasteiger charge is 2.35. The lowest BCUT2D eigenvalue weighted by molar-refractivity contribution is 0.0932. The number of anilines is 1. The van der Waals surface area contributed by atoms with Crippen LogP contribution in [0, 0.1) is 0 Å². The number of ether oxygens (including phenoxy) is 2. The molecular formula is C29H39N5O3. The summed E-state index contributed by atoms with van der Waals surface area (Å²) in [5, 5.41) is 1.13. The molecule has 2 aliphatic heterocycles. The number of nitrogens with one attached hydrogen (secondary N) is 1. The number of H-pyrrole nitrogens is 1. The normalized spacial score (nSPS) is 18.6. The molecule has 2 aromatic carbocycles. The van der Waals surface area contributed by atoms with E-state index in [1.165, 1.54) is 5.56 Å². The fraction of sp³-hybridized carbons (Fsp3) is 0.483. The first-order valence-corrected chi connectivity index (χ1v) is 13.5. The minimum atomic E-state index is -0.294. The van der Waals surface area contributed by atoms with Gasteiger partial charge in [0.15, 0.2) is 0 Å². The van der Waals surface area contributed by atoms with Crippen molar-refractivity contribution in [2.45, 2.75) is 32.2 Å². The number of fused-ring (bicyclic) bond motifs is 3. The minimum Gasteiger partial charge on any atom is -0.494 e. The first-order chi connectivity index (χ1) is 18.0. The van der Waals surface area contributed by atoms with Crippen molar-refractivity contribution in [3.63, 3.8) is 0 Å². The SMILES string of the molecule is CCOC(=O)N1CCc2c([nH]c3ccc(N)cc23)C1c1ccc(OCCCCN2CCN(C)CC2)cc1. The summed E-state index contributed by atoms with van der Waals surface area (Å²) in [5.74, 6) is 0.853. The molecule has 3 heterocycles. The average molecular weight is 506 g/mol. The number of carbonyl (C=O) groups is 1. The summed E-state index contributed by atoms with van der Waals surface area (Å²) in [6.07, 6.45) is 2.64. The highest BCUT2D eigenvalue weighted by atomic mass is 16.6. The van der Waals surface area contributed by atoms with Crippen LogP contribution >= 0.6 is 0 Å². The Hall–Kier alpha value is -3.23. The number of aromatic nitrogens is 1. The van der Waals surface area contributed by atoms with Crippen LogP contribution in [0.15, 0.2) is 42.5 Å². The Morgan fingerprint density at radius 1 is 1.05 bits per heavy atom. The van der Waals surface area contributed by atoms with E-state index in [9.17, 15) is 4.79 Å². The number of piperazine rings is 1. The fourth-order valence-corrected chi connectivity index (χ4v) is 5.50. The van der Waals surface area contributed by atoms with Crippen LogP contribution in [0.5, 0.6) is 5.75 Å². The number of amides is 1. The second kappa shape index (κ2) is 11.4. The van der Waals surface area contributed by atoms with Gasteiger partial charge in [0, 0.05) is 55.0 Å². The second-order valence-electron chi connectivity index (χ2n) is 10.1. The zero-order valence-corrected chi connectivity index (χ0v) is 22.0. The molecule has 198 valence electrons. The number of carbonyl (C=O) groups excluding carboxylic acids is 1. The standard InChI is InChI=1S/C29H39N5O3/c1-3-36-29(35)34-14-12-24-25-20-22(30)8-11-26(25)31-27(24)28(34)21-6-9-23(10-7-21)37-19-5-4-13-33-17-15-32(2)16-18-33/h6-11,20,28,31H,3-5,12-19,30H2,1-2H3. The molecule has 8 heteroatoms. The lowest BCUT2D eigenvalue weighted by atomic mass is 9.92. The van der Waals surface area contributed by atoms with Crippen LogP contribution in [-0.4, -0.2) is 85.3 Å². The first-order valence-electron chi connectivity index (χ1n) is 13.5. The highest BCUT2D eigenvalue weighted by molar-refractivity contribution is 5.88. The van der Waals surface area contributed by atoms with Gasteiger partial charge < -0.3 is 30.0 Å². The van der Waals surface area contributed by atoms with Crippen molar-refractivity contribution in [2.24, 2.45) is 0 Å². The second-order valence-corrected chi connectivity index (χ2v) is 10.1. The van der Waals surface area contributed by atoms with Crippen LogP contribution in [0.4, 0.5) is 10.5 Å². The predicted octanol–water partition coefficient (Wildman–Crippen LogP) is 4.26. The molecular weight excluding hydrogens is 466 g/mol. The number of likely N-dealkylation sites (N-methyl/N-ethyl adjacent to an activating group) is 1. The molecule has 2 aliphatic rings. The lowest BCUT2D eigenvalue weighted by Gasteiger charge is -2.35. The van der Waals surface area contributed by atoms with Crippen molar-refractivity contribution in [3.8, 4) is 5.75 Å². The zero-order valence-electron chi connectivity index (χ0n) is 22.0. The number of benzene rings is 2. The van der Waals surface area contributed by atoms with Crippen molar-refractivity contribution >= 4 is 22.7 Å². The molecule has 0 bridgehead atoms. The number of hydrogen-bond acceptors (Lipinski definition) is 6. The van der Waals surface area contributed by atoms with E-state index < -0.39 is 0 Å². The van der Waals surface area contributed by atoms with Crippen LogP contribution in [0.2, 0.25) is 0 Å². The number of nitrogens with zero attached hydrogens (tertiary/aromatic N) is 3. The average Bonchev–Trinajstić information content (AvgIpc) is 3.27. The summed E-state index contributed by atoms with van der Waals surface area (Å²) in [4.78, 5) is 23.2. The van der Waals surface area contributed by atoms with E-state index in [2.05, 4.69) is 34.0 Å². The van der Waals surface area contributed by atoms with Gasteiger partial charge in [-0.3, -0.25) is 4.90 Å². The number of nitrogen functional groups attached to an aromatic ring is 1. The molecule has 0 aliphatic carbocycles. The zero-order chi connectivity index (χ0) is 25.8. The third-order valence-corrected chi connectivity index (χ3v) is 7.58. The van der Waals surface area contributed by atoms with Gasteiger partial charge in [0.05, 0.1) is 13.2 Å². The maximum Gasteiger partial charge on any atom is 0.410 e. The number of hydrogen-bond donors (Lipinski definition) is 2. The van der Waals surface area contributed by atoms with Crippen molar-refractivity contribution in [2.75, 3.05) is 65.3 Å². The predicted molar refractivity (Wildman–Crippen MR) is 147 cm³/mol. The van der Waals surface area contributed by atoms with Gasteiger partial charge in [0.1, 0.15) is 11.8 Å². The number of rotatable bonds is 8. The molecule has 1 saturated heterocycles. The summed E-state index contributed by atoms with van der Waals surface area (Å²) in [7, 11) is 2.19. The summed E-state index contributed by atoms with van der Waals surface area (Å²) in [6.45, 7) is 9.26. The van der Waals surface area contributed by atoms with Gasteiger partial charge in [0.2, 0.25) is 0 Å². The molecule has 1 unspecified atom stereocenters. The van der Waals surface area contributed by atoms with Gasteiger partial charge in [-0.25, -0.2) is 4.79 Å². The van der Waals surface area contributed by atoms with Gasteiger partial charge in [0.25, 0.3) is 0 Å². The van der Waals surface area contributed by atoms with Crippen molar-refractivity contribution in [1.82, 2.24) is 19.7 Å². The van der Waals surface area contributed by atoms with Gasteiger partial charge in [-0.2, -0.15) is 0 Å². The summed E-state index contributed by atoms with van der Waals surface area (Å²) in [5.41, 5.74) is 11.1. The molecule has 1 atom stereocenters. The third-order valence-electron chi connectivity index (χ3n) is 7.58. The van der Waals surface area contributed by atoms with Crippen molar-refractivity contribution in [3.05, 3.63) is 59.3 Å². The molecule has 3 N–H and O–H groups in total. The van der Waals surface area contributed by atoms with E-state index in [1.54, 1.807) is 0 Å². The van der Waals surface area contributed by atoms with Gasteiger partial charge in [-0.15, -0.1) is 0 Å². The van der Waals surface area contributed by atoms with Crippen LogP contribution in [-0.2, 0) is 11.2 Å². The van der Waals surface area contributed by atoms with Crippen molar-refractivity contribution in [1.29, 1.82) is 0 Å². The number of unbranched alkanes of at least 4 members (excludes halogenated alkanes) is 1. The fourth-order valence-electron chi connectivity index (χ4n) is 5.50. The maximum absolute atomic E-state index is 12.9. The van der Waals surface area contributed by atoms with Crippen LogP contribution < -0.4 is 10.5 Å². The van der Waals surface area contributed by atoms with E-state index in [4.69, 9.17) is 15.2 Å². The molecule has 5 rings (SSSR count). The molecule has 37 heavy (non-hydrogen) atoms. The molecule has 1 aromatic heterocycles. The molecule has 1 fully saturated rings. The molecule has 0 spiro atoms. The Morgan fingerprint density at radius 2 is 1.84 bits per heavy atom. The Balaban J connectivity index is 1.26. The third kappa shape index (κ3) is 5.70. The topological polar surface area (TPSA) is 87.1 Å². The largest absolute Gasteiger partial charge is 0.494 e. The lowest BCUT2D eigenvalue weighted by Crippen LogP contribution is -2.44. The van der Waals surface area contributed by atoms with E-state index in [1.807, 2.05) is 42.2 Å². The Labute approximate surface area is 219 Å². The number of aromatic amines is 1. The number of nitrogens with two attached hydrogens (primary N) is 1. The molecule has 0 saturated carbocycles. The Morgan fingerprint density at radius 3 is 2.59 bits per heavy atom. The monoisotopic (exact) mass is 505 g/mol. The highest BCUT2D eigenvalue weighted by Crippen LogP contribution is 2.39. The Kier molecular flexibility index (Phi) is 7.86. The first kappa shape index (κ1) is 25.4. The quantitative estimate of drug-likeness (QED) is 0.351. The summed E-state index contributed by atoms with van der Waals surface area (Å²) in [6, 6.07) is 13.8. The van der Waals surface area contributed by atoms with Gasteiger partial charge in [-0.1, -0.05) is 12.1 Å². The van der Waals surface area contributed by atoms with Gasteiger partial charge >= 0.3 is 6.09 Å². The van der Waals surface area contributed by atoms with E-state index in [0.29, 0.717) is 19.8 Å². The molecule has 3 aromatic rings.